The third-order valence-electron chi connectivity index (χ3n) is 7.95. The van der Waals surface area contributed by atoms with Crippen LogP contribution < -0.4 is 16.4 Å². The Balaban J connectivity index is 1.11. The Labute approximate surface area is 296 Å². The summed E-state index contributed by atoms with van der Waals surface area (Å²) in [5.41, 5.74) is 6.24. The summed E-state index contributed by atoms with van der Waals surface area (Å²) >= 11 is 8.03. The van der Waals surface area contributed by atoms with Crippen molar-refractivity contribution in [3.05, 3.63) is 25.3 Å². The van der Waals surface area contributed by atoms with Crippen LogP contribution in [0, 0.1) is 0 Å². The number of nitrogens with two attached hydrogens (primary N) is 1. The molecule has 51 heavy (non-hydrogen) atoms. The molecule has 0 aromatic carbocycles. The summed E-state index contributed by atoms with van der Waals surface area (Å²) in [4.78, 5) is 36.6. The summed E-state index contributed by atoms with van der Waals surface area (Å²) in [6.07, 6.45) is -9.53. The van der Waals surface area contributed by atoms with Gasteiger partial charge in [-0.3, -0.25) is 32.5 Å². The first kappa shape index (κ1) is 36.3. The maximum atomic E-state index is 16.3. The quantitative estimate of drug-likeness (QED) is 0.107. The third kappa shape index (κ3) is 7.29. The van der Waals surface area contributed by atoms with Gasteiger partial charge in [0.15, 0.2) is 53.2 Å². The molecule has 0 spiro atoms. The van der Waals surface area contributed by atoms with E-state index < -0.39 is 82.1 Å². The number of nitrogens with zero attached hydrogens (tertiary/aromatic N) is 8. The summed E-state index contributed by atoms with van der Waals surface area (Å²) in [6.45, 7) is -9.81. The lowest BCUT2D eigenvalue weighted by atomic mass is 10.1. The van der Waals surface area contributed by atoms with Crippen LogP contribution in [-0.4, -0.2) is 115 Å². The molecule has 2 unspecified atom stereocenters. The molecule has 1 amide bonds. The molecular weight excluding hydrogens is 766 g/mol. The second-order valence-corrected chi connectivity index (χ2v) is 16.9. The summed E-state index contributed by atoms with van der Waals surface area (Å²) < 4.78 is 100. The second kappa shape index (κ2) is 14.4. The number of ether oxygens (including phenoxy) is 3. The minimum Gasteiger partial charge on any atom is -0.448 e. The van der Waals surface area contributed by atoms with Crippen LogP contribution in [-0.2, 0) is 41.4 Å². The molecule has 10 atom stereocenters. The summed E-state index contributed by atoms with van der Waals surface area (Å²) in [5.74, 6) is 0.00358. The molecule has 4 aromatic heterocycles. The predicted molar refractivity (Wildman–Crippen MR) is 176 cm³/mol. The van der Waals surface area contributed by atoms with Gasteiger partial charge in [0.25, 0.3) is 0 Å². The lowest BCUT2D eigenvalue weighted by Gasteiger charge is -2.28. The van der Waals surface area contributed by atoms with Gasteiger partial charge in [-0.05, 0) is 7.05 Å². The Hall–Kier alpha value is -3.09. The van der Waals surface area contributed by atoms with Gasteiger partial charge in [0.2, 0.25) is 0 Å². The van der Waals surface area contributed by atoms with Crippen LogP contribution in [0.4, 0.5) is 25.2 Å². The first-order chi connectivity index (χ1) is 24.4. The van der Waals surface area contributed by atoms with E-state index in [2.05, 4.69) is 65.0 Å². The zero-order chi connectivity index (χ0) is 36.1. The van der Waals surface area contributed by atoms with Crippen LogP contribution in [0.2, 0.25) is 0 Å². The van der Waals surface area contributed by atoms with E-state index in [1.54, 1.807) is 7.05 Å². The number of nitrogen functional groups attached to an aromatic ring is 1. The lowest BCUT2D eigenvalue weighted by Crippen LogP contribution is -2.36. The SMILES string of the molecule is CNCCOC(=O)Nc1ncnc2c1ncn2[C@@H]1OC2CO[P@@](=O)(S)O[C@@H]3C(CO[P@@](=O)(S)O[C@H]2[C@H]1F)O[C@@H](n1cnc2c(N)ncnc21)[C@@H]3F. The minimum atomic E-state index is -4.46. The number of hydrogen-bond acceptors (Lipinski definition) is 18. The topological polar surface area (TPSA) is 253 Å². The average molecular weight is 796 g/mol. The van der Waals surface area contributed by atoms with Crippen molar-refractivity contribution in [3.63, 3.8) is 0 Å². The zero-order valence-electron chi connectivity index (χ0n) is 26.0. The van der Waals surface area contributed by atoms with Gasteiger partial charge in [-0.2, -0.15) is 0 Å². The highest BCUT2D eigenvalue weighted by Gasteiger charge is 2.54. The number of hydrogen-bond donors (Lipinski definition) is 5. The fourth-order valence-corrected chi connectivity index (χ4v) is 8.59. The highest BCUT2D eigenvalue weighted by atomic mass is 32.7. The van der Waals surface area contributed by atoms with E-state index in [4.69, 9.17) is 38.0 Å². The molecule has 7 rings (SSSR count). The van der Waals surface area contributed by atoms with E-state index >= 15 is 8.78 Å². The van der Waals surface area contributed by atoms with Gasteiger partial charge in [0.05, 0.1) is 25.9 Å². The van der Waals surface area contributed by atoms with Crippen molar-refractivity contribution >= 4 is 78.1 Å². The number of anilines is 2. The van der Waals surface area contributed by atoms with Crippen LogP contribution in [0.5, 0.6) is 0 Å². The summed E-state index contributed by atoms with van der Waals surface area (Å²) in [5, 5.41) is 5.28. The van der Waals surface area contributed by atoms with Crippen molar-refractivity contribution < 1.29 is 55.0 Å². The van der Waals surface area contributed by atoms with Gasteiger partial charge in [0.1, 0.15) is 49.2 Å². The maximum Gasteiger partial charge on any atom is 0.412 e. The molecule has 0 aliphatic carbocycles. The fourth-order valence-electron chi connectivity index (χ4n) is 5.62. The number of likely N-dealkylation sites (N-methyl/N-ethyl adjacent to an activating group) is 1. The number of aromatic nitrogens is 8. The van der Waals surface area contributed by atoms with Crippen molar-refractivity contribution in [2.45, 2.75) is 49.2 Å². The summed E-state index contributed by atoms with van der Waals surface area (Å²) in [6, 6.07) is 0. The number of imidazole rings is 2. The lowest BCUT2D eigenvalue weighted by molar-refractivity contribution is -0.0544. The Morgan fingerprint density at radius 1 is 0.902 bits per heavy atom. The van der Waals surface area contributed by atoms with Crippen molar-refractivity contribution in [3.8, 4) is 0 Å². The molecule has 3 saturated heterocycles. The Morgan fingerprint density at radius 2 is 1.43 bits per heavy atom. The Bertz CT molecular complexity index is 2030. The molecule has 3 aliphatic rings. The molecule has 0 bridgehead atoms. The van der Waals surface area contributed by atoms with Crippen molar-refractivity contribution in [1.82, 2.24) is 44.4 Å². The molecule has 21 nitrogen and oxygen atoms in total. The molecule has 27 heteroatoms. The van der Waals surface area contributed by atoms with Crippen LogP contribution in [0.1, 0.15) is 12.5 Å². The monoisotopic (exact) mass is 795 g/mol. The van der Waals surface area contributed by atoms with Crippen molar-refractivity contribution in [1.29, 1.82) is 0 Å². The molecule has 4 aromatic rings. The van der Waals surface area contributed by atoms with E-state index in [9.17, 15) is 13.9 Å². The predicted octanol–water partition coefficient (Wildman–Crippen LogP) is 2.38. The first-order valence-corrected chi connectivity index (χ1v) is 20.3. The molecule has 0 radical (unpaired) electrons. The van der Waals surface area contributed by atoms with E-state index in [0.29, 0.717) is 6.54 Å². The van der Waals surface area contributed by atoms with E-state index in [1.807, 2.05) is 0 Å². The normalized spacial score (nSPS) is 34.5. The van der Waals surface area contributed by atoms with E-state index in [-0.39, 0.29) is 40.6 Å². The Kier molecular flexibility index (Phi) is 10.2. The number of amides is 1. The second-order valence-electron chi connectivity index (χ2n) is 11.2. The Morgan fingerprint density at radius 3 is 2.00 bits per heavy atom. The summed E-state index contributed by atoms with van der Waals surface area (Å²) in [7, 11) is 1.69. The smallest absolute Gasteiger partial charge is 0.412 e. The average Bonchev–Trinajstić information content (AvgIpc) is 3.85. The van der Waals surface area contributed by atoms with Crippen LogP contribution >= 0.6 is 38.1 Å². The van der Waals surface area contributed by atoms with Crippen LogP contribution in [0.25, 0.3) is 22.3 Å². The highest BCUT2D eigenvalue weighted by molar-refractivity contribution is 8.44. The number of carbonyl (C=O) groups excluding carboxylic acids is 1. The molecule has 7 heterocycles. The largest absolute Gasteiger partial charge is 0.448 e. The van der Waals surface area contributed by atoms with Gasteiger partial charge in [-0.25, -0.2) is 52.6 Å². The number of rotatable bonds is 6. The van der Waals surface area contributed by atoms with Crippen molar-refractivity contribution in [2.24, 2.45) is 0 Å². The van der Waals surface area contributed by atoms with Crippen LogP contribution in [0.15, 0.2) is 25.3 Å². The van der Waals surface area contributed by atoms with Gasteiger partial charge >= 0.3 is 19.7 Å². The molecule has 276 valence electrons. The molecule has 3 aliphatic heterocycles. The highest BCUT2D eigenvalue weighted by Crippen LogP contribution is 2.60. The van der Waals surface area contributed by atoms with E-state index in [0.717, 1.165) is 12.7 Å². The number of nitrogens with one attached hydrogen (secondary N) is 2. The first-order valence-electron chi connectivity index (χ1n) is 14.9. The minimum absolute atomic E-state index is 0.0308. The standard InChI is InChI=1S/C24H29F2N11O10P2S2/c1-28-2-3-41-24(38)35-19-15-21(32-7-30-19)37(9-34-15)23-13(26)17-11(45-23)5-43-48(39,50)46-16-10(4-42-49(40,51)47-17)44-22(12(16)25)36-8-33-14-18(27)29-6-31-20(14)36/h6-13,16-17,22-23,28H,2-5H2,1H3,(H,39,50)(H,40,51)(H2,27,29,31)(H,30,32,35,38)/t10?,11?,12-,13-,16-,17-,22-,23-,48-,49-/m1/s1. The van der Waals surface area contributed by atoms with Gasteiger partial charge in [0, 0.05) is 6.54 Å². The number of alkyl halides is 2. The molecule has 0 saturated carbocycles. The van der Waals surface area contributed by atoms with E-state index in [1.165, 1.54) is 21.8 Å². The van der Waals surface area contributed by atoms with Gasteiger partial charge in [-0.1, -0.05) is 24.5 Å². The molecular formula is C24H29F2N11O10P2S2. The van der Waals surface area contributed by atoms with Crippen molar-refractivity contribution in [2.75, 3.05) is 44.5 Å². The fraction of sp³-hybridized carbons (Fsp3) is 0.542. The third-order valence-corrected chi connectivity index (χ3v) is 11.2. The van der Waals surface area contributed by atoms with Crippen LogP contribution in [0.3, 0.4) is 0 Å². The number of carbonyl (C=O) groups is 1. The maximum absolute atomic E-state index is 16.3. The van der Waals surface area contributed by atoms with Gasteiger partial charge < -0.3 is 25.3 Å². The zero-order valence-corrected chi connectivity index (χ0v) is 29.6. The van der Waals surface area contributed by atoms with Gasteiger partial charge in [-0.15, -0.1) is 0 Å². The molecule has 4 N–H and O–H groups in total. The number of thiol groups is 2. The molecule has 3 fully saturated rings. The number of halogens is 2. The number of fused-ring (bicyclic) bond motifs is 4.